The molecule has 10 heteroatoms. The largest absolute Gasteiger partial charge is 0.455 e. The molecule has 21 aromatic rings. The quantitative estimate of drug-likeness (QED) is 0.126. The summed E-state index contributed by atoms with van der Waals surface area (Å²) in [5.74, 6) is 3.63. The molecular weight excluding hydrogens is 1300 g/mol. The number of benzene rings is 15. The maximum atomic E-state index is 6.49. The summed E-state index contributed by atoms with van der Waals surface area (Å²) in [6, 6.07) is 126. The summed E-state index contributed by atoms with van der Waals surface area (Å²) in [6.45, 7) is 0. The predicted octanol–water partition coefficient (Wildman–Crippen LogP) is 24.7. The zero-order valence-electron chi connectivity index (χ0n) is 57.0. The lowest BCUT2D eigenvalue weighted by Crippen LogP contribution is -2.06. The molecule has 6 heterocycles. The van der Waals surface area contributed by atoms with Gasteiger partial charge in [0.15, 0.2) is 29.1 Å². The Morgan fingerprint density at radius 1 is 0.189 bits per heavy atom. The highest BCUT2D eigenvalue weighted by Crippen LogP contribution is 2.44. The SMILES string of the molecule is c1ccc(-c2ccc(-c3nc(-c4cccc(-c5ccccc5)c4)nc(-n4c5ccccc5c5ccc(-c6cccc7c6oc6ccccc67)cc54)n3)cc2)cc1.c1ccc(-c2nc(-c3ccccc3)nc(-c3ccccc3-n3c4ccccc4c4ccc(-c5cccc6c5oc5ccccc56)cc43)n2)cc1. The van der Waals surface area contributed by atoms with E-state index in [1.54, 1.807) is 0 Å². The van der Waals surface area contributed by atoms with Crippen LogP contribution in [0.5, 0.6) is 0 Å². The van der Waals surface area contributed by atoms with Crippen molar-refractivity contribution in [3.05, 3.63) is 364 Å². The molecular formula is C96H60N8O2. The van der Waals surface area contributed by atoms with Gasteiger partial charge < -0.3 is 13.4 Å². The normalized spacial score (nSPS) is 11.6. The lowest BCUT2D eigenvalue weighted by atomic mass is 10.0. The van der Waals surface area contributed by atoms with Crippen molar-refractivity contribution in [2.45, 2.75) is 0 Å². The minimum absolute atomic E-state index is 0.549. The van der Waals surface area contributed by atoms with Crippen LogP contribution in [-0.4, -0.2) is 39.0 Å². The van der Waals surface area contributed by atoms with Crippen LogP contribution < -0.4 is 0 Å². The summed E-state index contributed by atoms with van der Waals surface area (Å²) in [4.78, 5) is 30.8. The summed E-state index contributed by atoms with van der Waals surface area (Å²) in [5.41, 5.74) is 22.1. The highest BCUT2D eigenvalue weighted by molar-refractivity contribution is 6.15. The number of furan rings is 2. The van der Waals surface area contributed by atoms with Gasteiger partial charge >= 0.3 is 0 Å². The summed E-state index contributed by atoms with van der Waals surface area (Å²) in [5, 5.41) is 9.02. The average Bonchev–Trinajstić information content (AvgIpc) is 1.58. The van der Waals surface area contributed by atoms with Crippen molar-refractivity contribution < 1.29 is 8.83 Å². The first kappa shape index (κ1) is 61.4. The van der Waals surface area contributed by atoms with Gasteiger partial charge in [0, 0.05) is 82.0 Å². The van der Waals surface area contributed by atoms with Crippen molar-refractivity contribution in [1.29, 1.82) is 0 Å². The van der Waals surface area contributed by atoms with E-state index in [0.29, 0.717) is 35.1 Å². The van der Waals surface area contributed by atoms with Crippen LogP contribution in [0, 0.1) is 0 Å². The van der Waals surface area contributed by atoms with Gasteiger partial charge in [0.2, 0.25) is 5.95 Å². The third kappa shape index (κ3) is 10.8. The molecule has 0 radical (unpaired) electrons. The maximum Gasteiger partial charge on any atom is 0.238 e. The van der Waals surface area contributed by atoms with Crippen LogP contribution in [0.1, 0.15) is 0 Å². The van der Waals surface area contributed by atoms with Crippen molar-refractivity contribution >= 4 is 87.5 Å². The molecule has 0 bridgehead atoms. The van der Waals surface area contributed by atoms with Crippen molar-refractivity contribution in [2.75, 3.05) is 0 Å². The molecule has 0 saturated heterocycles. The van der Waals surface area contributed by atoms with Gasteiger partial charge in [-0.3, -0.25) is 4.57 Å². The fourth-order valence-corrected chi connectivity index (χ4v) is 15.1. The zero-order chi connectivity index (χ0) is 70.0. The Balaban J connectivity index is 0.000000141. The summed E-state index contributed by atoms with van der Waals surface area (Å²) < 4.78 is 17.5. The van der Waals surface area contributed by atoms with E-state index in [2.05, 4.69) is 276 Å². The Hall–Kier alpha value is -14.5. The standard InChI is InChI=1S/C51H32N4O.C45H28N4O/c1-3-13-33(14-4-1)35-25-27-36(28-26-35)49-52-50(39-18-11-17-37(31-39)34-15-5-2-6-16-34)54-51(53-49)55-45-23-9-7-19-41(45)42-30-29-38(32-46(42)55)40-21-12-22-44-43-20-8-10-24-47(43)56-48(40)44;1-3-14-29(15-4-1)43-46-44(30-16-5-2-6-17-30)48-45(47-43)37-20-8-11-24-39(37)49-38-23-10-7-18-33(38)34-27-26-31(28-40(34)49)32-21-13-22-36-35-19-9-12-25-41(35)50-42(32)36/h1-32H;1-28H. The van der Waals surface area contributed by atoms with Gasteiger partial charge in [-0.1, -0.05) is 309 Å². The van der Waals surface area contributed by atoms with Gasteiger partial charge in [-0.2, -0.15) is 9.97 Å². The fraction of sp³-hybridized carbons (Fsp3) is 0. The van der Waals surface area contributed by atoms with E-state index < -0.39 is 0 Å². The third-order valence-electron chi connectivity index (χ3n) is 20.2. The average molecular weight is 1360 g/mol. The molecule has 106 heavy (non-hydrogen) atoms. The minimum atomic E-state index is 0.549. The second kappa shape index (κ2) is 25.8. The molecule has 0 atom stereocenters. The van der Waals surface area contributed by atoms with E-state index in [1.807, 2.05) is 97.1 Å². The molecule has 496 valence electrons. The first-order valence-corrected chi connectivity index (χ1v) is 35.5. The van der Waals surface area contributed by atoms with Crippen LogP contribution in [0.3, 0.4) is 0 Å². The number of fused-ring (bicyclic) bond motifs is 12. The van der Waals surface area contributed by atoms with E-state index in [1.165, 1.54) is 10.8 Å². The number of aromatic nitrogens is 8. The Morgan fingerprint density at radius 2 is 0.528 bits per heavy atom. The fourth-order valence-electron chi connectivity index (χ4n) is 15.1. The van der Waals surface area contributed by atoms with Gasteiger partial charge in [-0.05, 0) is 88.0 Å². The van der Waals surface area contributed by atoms with Crippen LogP contribution in [0.15, 0.2) is 373 Å². The second-order valence-corrected chi connectivity index (χ2v) is 26.5. The van der Waals surface area contributed by atoms with Gasteiger partial charge in [0.25, 0.3) is 0 Å². The predicted molar refractivity (Wildman–Crippen MR) is 432 cm³/mol. The number of nitrogens with zero attached hydrogens (tertiary/aromatic N) is 8. The summed E-state index contributed by atoms with van der Waals surface area (Å²) in [6.07, 6.45) is 0. The summed E-state index contributed by atoms with van der Waals surface area (Å²) in [7, 11) is 0. The van der Waals surface area contributed by atoms with Gasteiger partial charge in [0.05, 0.1) is 27.8 Å². The highest BCUT2D eigenvalue weighted by Gasteiger charge is 2.24. The molecule has 15 aromatic carbocycles. The van der Waals surface area contributed by atoms with Crippen LogP contribution in [0.2, 0.25) is 0 Å². The van der Waals surface area contributed by atoms with Gasteiger partial charge in [-0.15, -0.1) is 0 Å². The van der Waals surface area contributed by atoms with Gasteiger partial charge in [0.1, 0.15) is 22.3 Å². The Morgan fingerprint density at radius 3 is 1.08 bits per heavy atom. The van der Waals surface area contributed by atoms with Crippen LogP contribution in [0.4, 0.5) is 0 Å². The Kier molecular flexibility index (Phi) is 15.0. The van der Waals surface area contributed by atoms with Crippen molar-refractivity contribution in [3.8, 4) is 113 Å². The van der Waals surface area contributed by atoms with Gasteiger partial charge in [-0.25, -0.2) is 19.9 Å². The van der Waals surface area contributed by atoms with E-state index in [0.717, 1.165) is 155 Å². The van der Waals surface area contributed by atoms with E-state index in [4.69, 9.17) is 38.7 Å². The summed E-state index contributed by atoms with van der Waals surface area (Å²) >= 11 is 0. The van der Waals surface area contributed by atoms with E-state index >= 15 is 0 Å². The monoisotopic (exact) mass is 1360 g/mol. The minimum Gasteiger partial charge on any atom is -0.455 e. The molecule has 0 unspecified atom stereocenters. The number of hydrogen-bond donors (Lipinski definition) is 0. The Labute approximate surface area is 608 Å². The Bertz CT molecular complexity index is 6890. The molecule has 10 nitrogen and oxygen atoms in total. The lowest BCUT2D eigenvalue weighted by Gasteiger charge is -2.15. The third-order valence-corrected chi connectivity index (χ3v) is 20.2. The van der Waals surface area contributed by atoms with Crippen LogP contribution in [-0.2, 0) is 0 Å². The zero-order valence-corrected chi connectivity index (χ0v) is 57.0. The lowest BCUT2D eigenvalue weighted by molar-refractivity contribution is 0.669. The molecule has 0 N–H and O–H groups in total. The number of para-hydroxylation sites is 7. The van der Waals surface area contributed by atoms with E-state index in [-0.39, 0.29) is 0 Å². The molecule has 0 saturated carbocycles. The van der Waals surface area contributed by atoms with Crippen LogP contribution >= 0.6 is 0 Å². The molecule has 0 aliphatic heterocycles. The maximum absolute atomic E-state index is 6.49. The van der Waals surface area contributed by atoms with Crippen molar-refractivity contribution in [3.63, 3.8) is 0 Å². The number of hydrogen-bond acceptors (Lipinski definition) is 8. The van der Waals surface area contributed by atoms with Crippen LogP contribution in [0.25, 0.3) is 201 Å². The highest BCUT2D eigenvalue weighted by atomic mass is 16.3. The first-order chi connectivity index (χ1) is 52.5. The molecule has 0 aliphatic rings. The first-order valence-electron chi connectivity index (χ1n) is 35.5. The molecule has 0 spiro atoms. The topological polar surface area (TPSA) is 113 Å². The van der Waals surface area contributed by atoms with Crippen molar-refractivity contribution in [2.24, 2.45) is 0 Å². The van der Waals surface area contributed by atoms with E-state index in [9.17, 15) is 0 Å². The van der Waals surface area contributed by atoms with Crippen molar-refractivity contribution in [1.82, 2.24) is 39.0 Å². The number of rotatable bonds is 11. The molecule has 0 fully saturated rings. The molecule has 21 rings (SSSR count). The molecule has 0 amide bonds. The molecule has 6 aromatic heterocycles. The second-order valence-electron chi connectivity index (χ2n) is 26.5. The molecule has 0 aliphatic carbocycles. The smallest absolute Gasteiger partial charge is 0.238 e.